The first-order valence-corrected chi connectivity index (χ1v) is 6.25. The maximum atomic E-state index is 13.3. The van der Waals surface area contributed by atoms with E-state index in [2.05, 4.69) is 0 Å². The van der Waals surface area contributed by atoms with E-state index in [4.69, 9.17) is 4.74 Å². The van der Waals surface area contributed by atoms with Gasteiger partial charge in [0, 0.05) is 27.2 Å². The Morgan fingerprint density at radius 3 is 2.25 bits per heavy atom. The van der Waals surface area contributed by atoms with Gasteiger partial charge in [-0.25, -0.2) is 4.79 Å². The number of hydrogen-bond donors (Lipinski definition) is 0. The summed E-state index contributed by atoms with van der Waals surface area (Å²) in [5, 5.41) is 0. The molecule has 1 saturated heterocycles. The lowest BCUT2D eigenvalue weighted by molar-refractivity contribution is -0.221. The molecule has 0 aliphatic carbocycles. The van der Waals surface area contributed by atoms with Gasteiger partial charge in [-0.15, -0.1) is 0 Å². The Balaban J connectivity index is 2.97. The minimum atomic E-state index is -4.71. The lowest BCUT2D eigenvalue weighted by Crippen LogP contribution is -2.52. The molecule has 2 amide bonds. The summed E-state index contributed by atoms with van der Waals surface area (Å²) in [6, 6.07) is 0. The molecule has 1 unspecified atom stereocenters. The van der Waals surface area contributed by atoms with Crippen molar-refractivity contribution >= 4 is 12.0 Å². The van der Waals surface area contributed by atoms with Gasteiger partial charge in [-0.3, -0.25) is 4.79 Å². The van der Waals surface area contributed by atoms with Crippen molar-refractivity contribution in [2.75, 3.05) is 27.2 Å². The van der Waals surface area contributed by atoms with Crippen LogP contribution in [0.4, 0.5) is 18.0 Å². The Bertz CT molecular complexity index is 396. The third-order valence-electron chi connectivity index (χ3n) is 3.22. The zero-order valence-electron chi connectivity index (χ0n) is 12.0. The highest BCUT2D eigenvalue weighted by Crippen LogP contribution is 2.46. The molecular weight excluding hydrogens is 277 g/mol. The van der Waals surface area contributed by atoms with Crippen molar-refractivity contribution in [2.24, 2.45) is 5.41 Å². The lowest BCUT2D eigenvalue weighted by Gasteiger charge is -2.32. The molecule has 0 aromatic rings. The number of carbonyl (C=O) groups excluding carboxylic acids is 2. The van der Waals surface area contributed by atoms with Crippen LogP contribution in [0.5, 0.6) is 0 Å². The minimum absolute atomic E-state index is 0.148. The molecule has 0 N–H and O–H groups in total. The molecule has 0 saturated carbocycles. The highest BCUT2D eigenvalue weighted by molar-refractivity contribution is 5.85. The number of ether oxygens (including phenoxy) is 1. The van der Waals surface area contributed by atoms with E-state index in [0.717, 1.165) is 9.80 Å². The first kappa shape index (κ1) is 16.6. The van der Waals surface area contributed by atoms with Crippen molar-refractivity contribution in [3.8, 4) is 0 Å². The smallest absolute Gasteiger partial charge is 0.410 e. The molecule has 1 atom stereocenters. The highest BCUT2D eigenvalue weighted by atomic mass is 19.4. The van der Waals surface area contributed by atoms with E-state index in [1.807, 2.05) is 0 Å². The fraction of sp³-hybridized carbons (Fsp3) is 0.833. The van der Waals surface area contributed by atoms with Crippen LogP contribution in [0.15, 0.2) is 0 Å². The van der Waals surface area contributed by atoms with E-state index in [1.54, 1.807) is 13.8 Å². The Morgan fingerprint density at radius 2 is 1.85 bits per heavy atom. The third-order valence-corrected chi connectivity index (χ3v) is 3.22. The van der Waals surface area contributed by atoms with Gasteiger partial charge < -0.3 is 14.5 Å². The van der Waals surface area contributed by atoms with E-state index >= 15 is 0 Å². The van der Waals surface area contributed by atoms with Gasteiger partial charge in [0.25, 0.3) is 0 Å². The summed E-state index contributed by atoms with van der Waals surface area (Å²) in [5.41, 5.74) is -2.54. The standard InChI is InChI=1S/C12H19F3N2O3/c1-8(2)20-10(19)17-6-5-11(7-17,12(13,14)15)9(18)16(3)4/h8H,5-7H2,1-4H3. The average Bonchev–Trinajstić information content (AvgIpc) is 2.72. The summed E-state index contributed by atoms with van der Waals surface area (Å²) in [6.45, 7) is 2.37. The Labute approximate surface area is 115 Å². The van der Waals surface area contributed by atoms with E-state index < -0.39 is 42.7 Å². The summed E-state index contributed by atoms with van der Waals surface area (Å²) in [4.78, 5) is 25.5. The summed E-state index contributed by atoms with van der Waals surface area (Å²) in [5.74, 6) is -1.04. The van der Waals surface area contributed by atoms with Gasteiger partial charge in [0.1, 0.15) is 0 Å². The summed E-state index contributed by atoms with van der Waals surface area (Å²) in [7, 11) is 2.54. The molecule has 0 bridgehead atoms. The molecule has 1 aliphatic heterocycles. The van der Waals surface area contributed by atoms with Crippen molar-refractivity contribution in [3.63, 3.8) is 0 Å². The van der Waals surface area contributed by atoms with Crippen LogP contribution in [0.2, 0.25) is 0 Å². The second-order valence-electron chi connectivity index (χ2n) is 5.38. The van der Waals surface area contributed by atoms with Gasteiger partial charge in [0.05, 0.1) is 6.10 Å². The molecule has 0 spiro atoms. The molecule has 5 nitrogen and oxygen atoms in total. The Kier molecular flexibility index (Phi) is 4.55. The number of rotatable bonds is 2. The second-order valence-corrected chi connectivity index (χ2v) is 5.38. The van der Waals surface area contributed by atoms with Crippen LogP contribution in [-0.2, 0) is 9.53 Å². The van der Waals surface area contributed by atoms with Gasteiger partial charge in [-0.05, 0) is 20.3 Å². The van der Waals surface area contributed by atoms with E-state index in [0.29, 0.717) is 0 Å². The number of hydrogen-bond acceptors (Lipinski definition) is 3. The van der Waals surface area contributed by atoms with E-state index in [9.17, 15) is 22.8 Å². The van der Waals surface area contributed by atoms with Gasteiger partial charge in [-0.1, -0.05) is 0 Å². The molecule has 1 heterocycles. The number of amides is 2. The van der Waals surface area contributed by atoms with Gasteiger partial charge in [0.2, 0.25) is 5.91 Å². The summed E-state index contributed by atoms with van der Waals surface area (Å²) >= 11 is 0. The second kappa shape index (κ2) is 5.49. The number of halogens is 3. The fourth-order valence-corrected chi connectivity index (χ4v) is 2.20. The molecule has 8 heteroatoms. The molecular formula is C12H19F3N2O3. The molecule has 116 valence electrons. The molecule has 1 fully saturated rings. The SMILES string of the molecule is CC(C)OC(=O)N1CCC(C(=O)N(C)C)(C(F)(F)F)C1. The van der Waals surface area contributed by atoms with Crippen molar-refractivity contribution < 1.29 is 27.5 Å². The van der Waals surface area contributed by atoms with Crippen LogP contribution in [-0.4, -0.2) is 61.3 Å². The predicted octanol–water partition coefficient (Wildman–Crippen LogP) is 1.87. The zero-order chi connectivity index (χ0) is 15.7. The van der Waals surface area contributed by atoms with Crippen LogP contribution >= 0.6 is 0 Å². The normalized spacial score (nSPS) is 23.1. The zero-order valence-corrected chi connectivity index (χ0v) is 12.0. The lowest BCUT2D eigenvalue weighted by atomic mass is 9.84. The van der Waals surface area contributed by atoms with Crippen LogP contribution in [0.3, 0.4) is 0 Å². The molecule has 1 rings (SSSR count). The quantitative estimate of drug-likeness (QED) is 0.781. The molecule has 20 heavy (non-hydrogen) atoms. The number of carbonyl (C=O) groups is 2. The number of likely N-dealkylation sites (tertiary alicyclic amines) is 1. The topological polar surface area (TPSA) is 49.9 Å². The maximum absolute atomic E-state index is 13.3. The fourth-order valence-electron chi connectivity index (χ4n) is 2.20. The summed E-state index contributed by atoms with van der Waals surface area (Å²) < 4.78 is 44.8. The van der Waals surface area contributed by atoms with Crippen LogP contribution in [0.25, 0.3) is 0 Å². The third kappa shape index (κ3) is 2.99. The molecule has 1 aliphatic rings. The molecule has 0 radical (unpaired) electrons. The minimum Gasteiger partial charge on any atom is -0.447 e. The largest absolute Gasteiger partial charge is 0.447 e. The Hall–Kier alpha value is -1.47. The van der Waals surface area contributed by atoms with Gasteiger partial charge in [-0.2, -0.15) is 13.2 Å². The number of alkyl halides is 3. The van der Waals surface area contributed by atoms with Crippen LogP contribution in [0.1, 0.15) is 20.3 Å². The van der Waals surface area contributed by atoms with Crippen molar-refractivity contribution in [3.05, 3.63) is 0 Å². The molecule has 0 aromatic carbocycles. The van der Waals surface area contributed by atoms with E-state index in [-0.39, 0.29) is 6.54 Å². The Morgan fingerprint density at radius 1 is 1.30 bits per heavy atom. The monoisotopic (exact) mass is 296 g/mol. The first-order valence-electron chi connectivity index (χ1n) is 6.25. The summed E-state index contributed by atoms with van der Waals surface area (Å²) in [6.07, 6.45) is -6.40. The van der Waals surface area contributed by atoms with Crippen molar-refractivity contribution in [1.29, 1.82) is 0 Å². The van der Waals surface area contributed by atoms with Gasteiger partial charge >= 0.3 is 12.3 Å². The van der Waals surface area contributed by atoms with Crippen LogP contribution in [0, 0.1) is 5.41 Å². The predicted molar refractivity (Wildman–Crippen MR) is 65.0 cm³/mol. The molecule has 0 aromatic heterocycles. The van der Waals surface area contributed by atoms with Crippen LogP contribution < -0.4 is 0 Å². The highest BCUT2D eigenvalue weighted by Gasteiger charge is 2.64. The van der Waals surface area contributed by atoms with Gasteiger partial charge in [0.15, 0.2) is 5.41 Å². The number of nitrogens with zero attached hydrogens (tertiary/aromatic N) is 2. The maximum Gasteiger partial charge on any atom is 0.410 e. The first-order chi connectivity index (χ1) is 9.01. The van der Waals surface area contributed by atoms with Crippen molar-refractivity contribution in [1.82, 2.24) is 9.80 Å². The van der Waals surface area contributed by atoms with E-state index in [1.165, 1.54) is 14.1 Å². The average molecular weight is 296 g/mol. The van der Waals surface area contributed by atoms with Crippen molar-refractivity contribution in [2.45, 2.75) is 32.5 Å².